The molecule has 1 aromatic rings. The molecule has 0 atom stereocenters. The molecule has 1 aromatic heterocycles. The second kappa shape index (κ2) is 6.18. The zero-order chi connectivity index (χ0) is 10.4. The Morgan fingerprint density at radius 2 is 2.14 bits per heavy atom. The zero-order valence-electron chi connectivity index (χ0n) is 9.55. The third kappa shape index (κ3) is 2.81. The van der Waals surface area contributed by atoms with Gasteiger partial charge in [0.15, 0.2) is 0 Å². The number of hydrogen-bond donors (Lipinski definition) is 0. The molecule has 1 aliphatic rings. The molecule has 2 heteroatoms. The monoisotopic (exact) mass is 211 g/mol. The van der Waals surface area contributed by atoms with Gasteiger partial charge in [0.25, 0.3) is 0 Å². The van der Waals surface area contributed by atoms with Crippen molar-refractivity contribution in [2.24, 2.45) is 5.92 Å². The van der Waals surface area contributed by atoms with Crippen LogP contribution in [0.4, 0.5) is 0 Å². The van der Waals surface area contributed by atoms with Crippen molar-refractivity contribution in [2.75, 3.05) is 0 Å². The summed E-state index contributed by atoms with van der Waals surface area (Å²) in [5.41, 5.74) is 2.86. The third-order valence-electron chi connectivity index (χ3n) is 2.82. The molecule has 14 heavy (non-hydrogen) atoms. The first-order chi connectivity index (χ1) is 6.90. The van der Waals surface area contributed by atoms with Gasteiger partial charge in [-0.2, -0.15) is 4.37 Å². The Kier molecular flexibility index (Phi) is 5.16. The summed E-state index contributed by atoms with van der Waals surface area (Å²) in [5, 5.41) is 2.20. The Hall–Kier alpha value is -0.370. The molecule has 0 aromatic carbocycles. The van der Waals surface area contributed by atoms with Gasteiger partial charge in [-0.05, 0) is 35.9 Å². The summed E-state index contributed by atoms with van der Waals surface area (Å²) in [6.07, 6.45) is 6.70. The van der Waals surface area contributed by atoms with Crippen LogP contribution in [0.1, 0.15) is 51.3 Å². The lowest BCUT2D eigenvalue weighted by Crippen LogP contribution is -2.14. The van der Waals surface area contributed by atoms with Crippen LogP contribution in [-0.2, 0) is 12.8 Å². The highest BCUT2D eigenvalue weighted by Gasteiger charge is 2.19. The van der Waals surface area contributed by atoms with E-state index in [1.54, 1.807) is 11.5 Å². The summed E-state index contributed by atoms with van der Waals surface area (Å²) in [6, 6.07) is 0. The van der Waals surface area contributed by atoms with Gasteiger partial charge in [0, 0.05) is 5.38 Å². The maximum absolute atomic E-state index is 4.45. The topological polar surface area (TPSA) is 12.9 Å². The van der Waals surface area contributed by atoms with E-state index in [9.17, 15) is 0 Å². The fourth-order valence-corrected chi connectivity index (χ4v) is 2.51. The largest absolute Gasteiger partial charge is 0.197 e. The minimum absolute atomic E-state index is 0.956. The Balaban J connectivity index is 0.000000461. The van der Waals surface area contributed by atoms with Crippen LogP contribution in [0.25, 0.3) is 0 Å². The van der Waals surface area contributed by atoms with Crippen molar-refractivity contribution in [3.8, 4) is 0 Å². The second-order valence-corrected chi connectivity index (χ2v) is 4.27. The van der Waals surface area contributed by atoms with E-state index in [1.807, 2.05) is 13.8 Å². The van der Waals surface area contributed by atoms with Gasteiger partial charge in [-0.1, -0.05) is 40.0 Å². The van der Waals surface area contributed by atoms with Crippen molar-refractivity contribution in [2.45, 2.75) is 52.9 Å². The number of nitrogens with zero attached hydrogens (tertiary/aromatic N) is 1. The molecule has 0 spiro atoms. The molecule has 0 radical (unpaired) electrons. The van der Waals surface area contributed by atoms with E-state index in [0.717, 1.165) is 12.3 Å². The van der Waals surface area contributed by atoms with Crippen molar-refractivity contribution >= 4 is 11.5 Å². The molecule has 0 N–H and O–H groups in total. The summed E-state index contributed by atoms with van der Waals surface area (Å²) < 4.78 is 4.45. The van der Waals surface area contributed by atoms with E-state index in [2.05, 4.69) is 16.7 Å². The number of rotatable bonds is 3. The van der Waals surface area contributed by atoms with Crippen molar-refractivity contribution in [3.05, 3.63) is 16.6 Å². The smallest absolute Gasteiger partial charge is 0.0576 e. The van der Waals surface area contributed by atoms with Gasteiger partial charge in [-0.15, -0.1) is 0 Å². The minimum Gasteiger partial charge on any atom is -0.197 e. The van der Waals surface area contributed by atoms with E-state index in [4.69, 9.17) is 0 Å². The van der Waals surface area contributed by atoms with E-state index < -0.39 is 0 Å². The fourth-order valence-electron chi connectivity index (χ4n) is 1.71. The fraction of sp³-hybridized carbons (Fsp3) is 0.750. The lowest BCUT2D eigenvalue weighted by Gasteiger charge is -2.24. The van der Waals surface area contributed by atoms with Crippen LogP contribution in [-0.4, -0.2) is 4.37 Å². The lowest BCUT2D eigenvalue weighted by molar-refractivity contribution is 0.312. The first kappa shape index (κ1) is 11.7. The zero-order valence-corrected chi connectivity index (χ0v) is 10.4. The lowest BCUT2D eigenvalue weighted by atomic mass is 9.81. The molecular weight excluding hydrogens is 190 g/mol. The molecule has 0 saturated heterocycles. The summed E-state index contributed by atoms with van der Waals surface area (Å²) >= 11 is 1.62. The van der Waals surface area contributed by atoms with Crippen LogP contribution in [0.2, 0.25) is 0 Å². The molecule has 2 rings (SSSR count). The van der Waals surface area contributed by atoms with Crippen molar-refractivity contribution in [3.63, 3.8) is 0 Å². The number of aromatic nitrogens is 1. The highest BCUT2D eigenvalue weighted by molar-refractivity contribution is 7.03. The highest BCUT2D eigenvalue weighted by Crippen LogP contribution is 2.30. The van der Waals surface area contributed by atoms with E-state index in [0.29, 0.717) is 0 Å². The van der Waals surface area contributed by atoms with E-state index >= 15 is 0 Å². The van der Waals surface area contributed by atoms with Crippen LogP contribution in [0.5, 0.6) is 0 Å². The Bertz CT molecular complexity index is 251. The van der Waals surface area contributed by atoms with Gasteiger partial charge < -0.3 is 0 Å². The maximum atomic E-state index is 4.45. The average molecular weight is 211 g/mol. The van der Waals surface area contributed by atoms with E-state index in [1.165, 1.54) is 36.9 Å². The minimum atomic E-state index is 0.956. The molecule has 1 heterocycles. The van der Waals surface area contributed by atoms with Gasteiger partial charge in [-0.3, -0.25) is 0 Å². The molecule has 1 nitrogen and oxygen atoms in total. The van der Waals surface area contributed by atoms with Crippen LogP contribution in [0, 0.1) is 5.92 Å². The first-order valence-electron chi connectivity index (χ1n) is 5.82. The van der Waals surface area contributed by atoms with Gasteiger partial charge in [0.2, 0.25) is 0 Å². The SMILES string of the molecule is CC.CCc1csnc1CC1CCC1. The first-order valence-corrected chi connectivity index (χ1v) is 6.66. The average Bonchev–Trinajstić information content (AvgIpc) is 2.62. The molecule has 1 fully saturated rings. The van der Waals surface area contributed by atoms with Crippen molar-refractivity contribution in [1.29, 1.82) is 0 Å². The summed E-state index contributed by atoms with van der Waals surface area (Å²) in [4.78, 5) is 0. The third-order valence-corrected chi connectivity index (χ3v) is 3.53. The normalized spacial score (nSPS) is 15.6. The van der Waals surface area contributed by atoms with E-state index in [-0.39, 0.29) is 0 Å². The maximum Gasteiger partial charge on any atom is 0.0576 e. The molecular formula is C12H21NS. The Morgan fingerprint density at radius 1 is 1.43 bits per heavy atom. The molecule has 0 bridgehead atoms. The predicted octanol–water partition coefficient (Wildman–Crippen LogP) is 4.07. The van der Waals surface area contributed by atoms with Crippen LogP contribution >= 0.6 is 11.5 Å². The second-order valence-electron chi connectivity index (χ2n) is 3.64. The molecule has 0 unspecified atom stereocenters. The molecule has 80 valence electrons. The predicted molar refractivity (Wildman–Crippen MR) is 63.9 cm³/mol. The van der Waals surface area contributed by atoms with Crippen LogP contribution in [0.3, 0.4) is 0 Å². The molecule has 0 amide bonds. The molecule has 0 aliphatic heterocycles. The number of hydrogen-bond acceptors (Lipinski definition) is 2. The molecule has 1 saturated carbocycles. The van der Waals surface area contributed by atoms with Gasteiger partial charge in [0.1, 0.15) is 0 Å². The van der Waals surface area contributed by atoms with Gasteiger partial charge >= 0.3 is 0 Å². The standard InChI is InChI=1S/C10H15NS.C2H6/c1-2-9-7-12-11-10(9)6-8-4-3-5-8;1-2/h7-8H,2-6H2,1H3;1-2H3. The van der Waals surface area contributed by atoms with Crippen LogP contribution < -0.4 is 0 Å². The summed E-state index contributed by atoms with van der Waals surface area (Å²) in [7, 11) is 0. The highest BCUT2D eigenvalue weighted by atomic mass is 32.1. The summed E-state index contributed by atoms with van der Waals surface area (Å²) in [5.74, 6) is 0.956. The van der Waals surface area contributed by atoms with Gasteiger partial charge in [-0.25, -0.2) is 0 Å². The molecule has 1 aliphatic carbocycles. The Morgan fingerprint density at radius 3 is 2.64 bits per heavy atom. The van der Waals surface area contributed by atoms with Gasteiger partial charge in [0.05, 0.1) is 5.69 Å². The van der Waals surface area contributed by atoms with Crippen molar-refractivity contribution < 1.29 is 0 Å². The Labute approximate surface area is 91.7 Å². The quantitative estimate of drug-likeness (QED) is 0.734. The van der Waals surface area contributed by atoms with Crippen molar-refractivity contribution in [1.82, 2.24) is 4.37 Å². The summed E-state index contributed by atoms with van der Waals surface area (Å²) in [6.45, 7) is 6.22. The number of aryl methyl sites for hydroxylation is 1. The van der Waals surface area contributed by atoms with Crippen LogP contribution in [0.15, 0.2) is 5.38 Å².